The van der Waals surface area contributed by atoms with Crippen molar-refractivity contribution in [3.05, 3.63) is 24.5 Å². The maximum atomic E-state index is 12.1. The molecule has 1 fully saturated rings. The molecule has 1 saturated heterocycles. The molecule has 0 saturated carbocycles. The van der Waals surface area contributed by atoms with Gasteiger partial charge in [0.1, 0.15) is 11.4 Å². The summed E-state index contributed by atoms with van der Waals surface area (Å²) < 4.78 is 7.16. The van der Waals surface area contributed by atoms with Gasteiger partial charge in [-0.2, -0.15) is 0 Å². The zero-order valence-corrected chi connectivity index (χ0v) is 13.8. The van der Waals surface area contributed by atoms with Crippen molar-refractivity contribution in [2.24, 2.45) is 5.92 Å². The molecule has 1 aliphatic heterocycles. The van der Waals surface area contributed by atoms with Crippen molar-refractivity contribution in [3.8, 4) is 0 Å². The summed E-state index contributed by atoms with van der Waals surface area (Å²) in [6, 6.07) is 3.85. The number of ether oxygens (including phenoxy) is 1. The minimum Gasteiger partial charge on any atom is -0.444 e. The Labute approximate surface area is 135 Å². The number of nitrogens with zero attached hydrogens (tertiary/aromatic N) is 4. The Morgan fingerprint density at radius 2 is 2.26 bits per heavy atom. The first kappa shape index (κ1) is 15.6. The van der Waals surface area contributed by atoms with E-state index in [9.17, 15) is 4.79 Å². The van der Waals surface area contributed by atoms with Gasteiger partial charge >= 0.3 is 6.09 Å². The number of imidazole rings is 1. The summed E-state index contributed by atoms with van der Waals surface area (Å²) in [6.45, 7) is 7.91. The number of fused-ring (bicyclic) bond motifs is 1. The van der Waals surface area contributed by atoms with Crippen molar-refractivity contribution in [2.45, 2.75) is 32.8 Å². The molecule has 124 valence electrons. The number of carbonyl (C=O) groups excluding carboxylic acids is 1. The van der Waals surface area contributed by atoms with Crippen LogP contribution in [0.3, 0.4) is 0 Å². The Morgan fingerprint density at radius 1 is 1.43 bits per heavy atom. The van der Waals surface area contributed by atoms with Gasteiger partial charge in [0.15, 0.2) is 5.65 Å². The van der Waals surface area contributed by atoms with Gasteiger partial charge in [0.05, 0.1) is 0 Å². The Hall–Kier alpha value is -2.31. The first-order valence-electron chi connectivity index (χ1n) is 7.93. The molecule has 0 aromatic carbocycles. The fourth-order valence-corrected chi connectivity index (χ4v) is 2.65. The summed E-state index contributed by atoms with van der Waals surface area (Å²) in [5.74, 6) is 1.22. The molecular weight excluding hydrogens is 294 g/mol. The molecule has 0 bridgehead atoms. The summed E-state index contributed by atoms with van der Waals surface area (Å²) >= 11 is 0. The fourth-order valence-electron chi connectivity index (χ4n) is 2.65. The van der Waals surface area contributed by atoms with Gasteiger partial charge in [0, 0.05) is 32.0 Å². The molecule has 1 unspecified atom stereocenters. The third-order valence-corrected chi connectivity index (χ3v) is 3.76. The van der Waals surface area contributed by atoms with E-state index < -0.39 is 5.60 Å². The van der Waals surface area contributed by atoms with Crippen LogP contribution >= 0.6 is 0 Å². The molecular formula is C16H23N5O2. The zero-order valence-electron chi connectivity index (χ0n) is 13.8. The standard InChI is InChI=1S/C16H23N5O2/c1-16(2,3)23-15(22)20-8-6-12(11-20)10-18-13-4-5-14-17-7-9-21(14)19-13/h4-5,7,9,12H,6,8,10-11H2,1-3H3,(H,18,19). The molecule has 1 aliphatic rings. The first-order valence-corrected chi connectivity index (χ1v) is 7.93. The van der Waals surface area contributed by atoms with Crippen molar-refractivity contribution < 1.29 is 9.53 Å². The van der Waals surface area contributed by atoms with Crippen LogP contribution in [0.15, 0.2) is 24.5 Å². The summed E-state index contributed by atoms with van der Waals surface area (Å²) in [5.41, 5.74) is 0.380. The quantitative estimate of drug-likeness (QED) is 0.941. The molecule has 3 heterocycles. The van der Waals surface area contributed by atoms with Crippen molar-refractivity contribution >= 4 is 17.6 Å². The van der Waals surface area contributed by atoms with E-state index in [1.54, 1.807) is 15.6 Å². The van der Waals surface area contributed by atoms with Crippen molar-refractivity contribution in [3.63, 3.8) is 0 Å². The highest BCUT2D eigenvalue weighted by atomic mass is 16.6. The molecule has 1 amide bonds. The molecule has 0 spiro atoms. The zero-order chi connectivity index (χ0) is 16.4. The summed E-state index contributed by atoms with van der Waals surface area (Å²) in [4.78, 5) is 18.0. The second-order valence-corrected chi connectivity index (χ2v) is 6.91. The minimum atomic E-state index is -0.447. The smallest absolute Gasteiger partial charge is 0.410 e. The van der Waals surface area contributed by atoms with Gasteiger partial charge < -0.3 is 15.0 Å². The molecule has 2 aromatic rings. The van der Waals surface area contributed by atoms with Crippen LogP contribution in [0.1, 0.15) is 27.2 Å². The van der Waals surface area contributed by atoms with Crippen LogP contribution < -0.4 is 5.32 Å². The molecule has 23 heavy (non-hydrogen) atoms. The third kappa shape index (κ3) is 3.91. The monoisotopic (exact) mass is 317 g/mol. The van der Waals surface area contributed by atoms with Crippen LogP contribution in [0.2, 0.25) is 0 Å². The van der Waals surface area contributed by atoms with E-state index in [2.05, 4.69) is 15.4 Å². The largest absolute Gasteiger partial charge is 0.444 e. The number of amides is 1. The molecule has 0 aliphatic carbocycles. The van der Waals surface area contributed by atoms with Crippen LogP contribution in [-0.4, -0.2) is 50.8 Å². The third-order valence-electron chi connectivity index (χ3n) is 3.76. The van der Waals surface area contributed by atoms with E-state index in [4.69, 9.17) is 4.74 Å². The molecule has 3 rings (SSSR count). The number of rotatable bonds is 3. The van der Waals surface area contributed by atoms with E-state index in [1.165, 1.54) is 0 Å². The topological polar surface area (TPSA) is 71.8 Å². The van der Waals surface area contributed by atoms with Crippen molar-refractivity contribution in [1.82, 2.24) is 19.5 Å². The number of likely N-dealkylation sites (tertiary alicyclic amines) is 1. The lowest BCUT2D eigenvalue weighted by atomic mass is 10.1. The Bertz CT molecular complexity index is 691. The predicted molar refractivity (Wildman–Crippen MR) is 87.4 cm³/mol. The lowest BCUT2D eigenvalue weighted by Crippen LogP contribution is -2.35. The Kier molecular flexibility index (Phi) is 4.11. The van der Waals surface area contributed by atoms with Gasteiger partial charge in [0.2, 0.25) is 0 Å². The highest BCUT2D eigenvalue weighted by Crippen LogP contribution is 2.20. The first-order chi connectivity index (χ1) is 10.9. The van der Waals surface area contributed by atoms with Gasteiger partial charge in [-0.1, -0.05) is 0 Å². The van der Waals surface area contributed by atoms with E-state index in [0.717, 1.165) is 37.5 Å². The normalized spacial score (nSPS) is 18.4. The summed E-state index contributed by atoms with van der Waals surface area (Å²) in [6.07, 6.45) is 4.29. The fraction of sp³-hybridized carbons (Fsp3) is 0.562. The van der Waals surface area contributed by atoms with Crippen molar-refractivity contribution in [2.75, 3.05) is 25.0 Å². The van der Waals surface area contributed by atoms with Gasteiger partial charge in [-0.3, -0.25) is 0 Å². The highest BCUT2D eigenvalue weighted by molar-refractivity contribution is 5.68. The van der Waals surface area contributed by atoms with Crippen LogP contribution in [0.5, 0.6) is 0 Å². The lowest BCUT2D eigenvalue weighted by Gasteiger charge is -2.24. The van der Waals surface area contributed by atoms with Gasteiger partial charge in [-0.15, -0.1) is 5.10 Å². The maximum absolute atomic E-state index is 12.1. The molecule has 7 nitrogen and oxygen atoms in total. The van der Waals surface area contributed by atoms with E-state index in [-0.39, 0.29) is 6.09 Å². The summed E-state index contributed by atoms with van der Waals surface area (Å²) in [7, 11) is 0. The molecule has 1 N–H and O–H groups in total. The lowest BCUT2D eigenvalue weighted by molar-refractivity contribution is 0.0289. The second-order valence-electron chi connectivity index (χ2n) is 6.91. The van der Waals surface area contributed by atoms with Crippen LogP contribution in [-0.2, 0) is 4.74 Å². The number of carbonyl (C=O) groups is 1. The molecule has 7 heteroatoms. The maximum Gasteiger partial charge on any atom is 0.410 e. The Balaban J connectivity index is 1.51. The average molecular weight is 317 g/mol. The molecule has 2 aromatic heterocycles. The predicted octanol–water partition coefficient (Wildman–Crippen LogP) is 2.40. The number of nitrogens with one attached hydrogen (secondary N) is 1. The van der Waals surface area contributed by atoms with Gasteiger partial charge in [-0.25, -0.2) is 14.3 Å². The van der Waals surface area contributed by atoms with E-state index in [0.29, 0.717) is 5.92 Å². The van der Waals surface area contributed by atoms with Crippen molar-refractivity contribution in [1.29, 1.82) is 0 Å². The number of hydrogen-bond donors (Lipinski definition) is 1. The second kappa shape index (κ2) is 6.06. The minimum absolute atomic E-state index is 0.224. The van der Waals surface area contributed by atoms with E-state index in [1.807, 2.05) is 39.1 Å². The molecule has 1 atom stereocenters. The Morgan fingerprint density at radius 3 is 3.04 bits per heavy atom. The van der Waals surface area contributed by atoms with Crippen LogP contribution in [0.25, 0.3) is 5.65 Å². The highest BCUT2D eigenvalue weighted by Gasteiger charge is 2.29. The van der Waals surface area contributed by atoms with Crippen LogP contribution in [0.4, 0.5) is 10.6 Å². The number of anilines is 1. The van der Waals surface area contributed by atoms with E-state index >= 15 is 0 Å². The SMILES string of the molecule is CC(C)(C)OC(=O)N1CCC(CNc2ccc3nccn3n2)C1. The number of hydrogen-bond acceptors (Lipinski definition) is 5. The molecule has 0 radical (unpaired) electrons. The van der Waals surface area contributed by atoms with Gasteiger partial charge in [0.25, 0.3) is 0 Å². The summed E-state index contributed by atoms with van der Waals surface area (Å²) in [5, 5.41) is 7.77. The average Bonchev–Trinajstić information content (AvgIpc) is 3.12. The van der Waals surface area contributed by atoms with Crippen LogP contribution in [0, 0.1) is 5.92 Å². The van der Waals surface area contributed by atoms with Gasteiger partial charge in [-0.05, 0) is 45.2 Å². The number of aromatic nitrogens is 3.